The zero-order valence-electron chi connectivity index (χ0n) is 15.8. The molecule has 1 saturated heterocycles. The van der Waals surface area contributed by atoms with E-state index in [4.69, 9.17) is 9.15 Å². The van der Waals surface area contributed by atoms with Crippen LogP contribution in [0.1, 0.15) is 24.0 Å². The van der Waals surface area contributed by atoms with Crippen LogP contribution in [0.4, 0.5) is 5.69 Å². The number of carbonyl (C=O) groups excluding carboxylic acids is 2. The standard InChI is InChI=1S/C20H24N2O5/c1-12-9-19(24)27-17-8-13(2)16(10-15(12)17)21-20(25)14-4-5-18(23)22(11-14)6-7-26-3/h8-10,14H,4-7,11H2,1-3H3,(H,21,25). The second kappa shape index (κ2) is 7.92. The second-order valence-electron chi connectivity index (χ2n) is 6.97. The fourth-order valence-corrected chi connectivity index (χ4v) is 3.38. The highest BCUT2D eigenvalue weighted by molar-refractivity contribution is 5.97. The van der Waals surface area contributed by atoms with Crippen molar-refractivity contribution < 1.29 is 18.7 Å². The monoisotopic (exact) mass is 372 g/mol. The quantitative estimate of drug-likeness (QED) is 0.813. The zero-order chi connectivity index (χ0) is 19.6. The molecule has 2 amide bonds. The Balaban J connectivity index is 1.78. The second-order valence-corrected chi connectivity index (χ2v) is 6.97. The van der Waals surface area contributed by atoms with Gasteiger partial charge in [-0.2, -0.15) is 0 Å². The van der Waals surface area contributed by atoms with Crippen LogP contribution < -0.4 is 10.9 Å². The zero-order valence-corrected chi connectivity index (χ0v) is 15.8. The Morgan fingerprint density at radius 3 is 2.78 bits per heavy atom. The molecular formula is C20H24N2O5. The molecule has 0 bridgehead atoms. The topological polar surface area (TPSA) is 88.8 Å². The predicted octanol–water partition coefficient (Wildman–Crippen LogP) is 2.23. The molecule has 1 unspecified atom stereocenters. The lowest BCUT2D eigenvalue weighted by molar-refractivity contribution is -0.137. The third-order valence-electron chi connectivity index (χ3n) is 4.99. The molecule has 0 spiro atoms. The number of hydrogen-bond donors (Lipinski definition) is 1. The number of nitrogens with one attached hydrogen (secondary N) is 1. The number of methoxy groups -OCH3 is 1. The van der Waals surface area contributed by atoms with E-state index in [0.717, 1.165) is 16.5 Å². The fourth-order valence-electron chi connectivity index (χ4n) is 3.38. The number of fused-ring (bicyclic) bond motifs is 1. The first-order chi connectivity index (χ1) is 12.9. The highest BCUT2D eigenvalue weighted by Crippen LogP contribution is 2.26. The number of rotatable bonds is 5. The lowest BCUT2D eigenvalue weighted by Crippen LogP contribution is -2.45. The molecule has 7 heteroatoms. The van der Waals surface area contributed by atoms with E-state index < -0.39 is 0 Å². The first-order valence-corrected chi connectivity index (χ1v) is 9.01. The van der Waals surface area contributed by atoms with E-state index >= 15 is 0 Å². The molecule has 7 nitrogen and oxygen atoms in total. The molecule has 1 N–H and O–H groups in total. The van der Waals surface area contributed by atoms with Gasteiger partial charge < -0.3 is 19.4 Å². The minimum absolute atomic E-state index is 0.0589. The number of hydrogen-bond acceptors (Lipinski definition) is 5. The Kier molecular flexibility index (Phi) is 5.60. The van der Waals surface area contributed by atoms with E-state index in [1.807, 2.05) is 19.9 Å². The molecule has 0 aliphatic carbocycles. The molecule has 1 aromatic carbocycles. The average Bonchev–Trinajstić information content (AvgIpc) is 2.62. The maximum Gasteiger partial charge on any atom is 0.336 e. The van der Waals surface area contributed by atoms with Gasteiger partial charge in [-0.1, -0.05) is 0 Å². The van der Waals surface area contributed by atoms with Crippen molar-refractivity contribution in [1.29, 1.82) is 0 Å². The van der Waals surface area contributed by atoms with Crippen molar-refractivity contribution in [2.75, 3.05) is 32.1 Å². The number of aryl methyl sites for hydroxylation is 2. The van der Waals surface area contributed by atoms with Crippen LogP contribution >= 0.6 is 0 Å². The predicted molar refractivity (Wildman–Crippen MR) is 102 cm³/mol. The van der Waals surface area contributed by atoms with Gasteiger partial charge in [0, 0.05) is 43.8 Å². The molecule has 2 aromatic rings. The van der Waals surface area contributed by atoms with Crippen molar-refractivity contribution in [3.8, 4) is 0 Å². The van der Waals surface area contributed by atoms with Crippen LogP contribution in [0.3, 0.4) is 0 Å². The number of amides is 2. The SMILES string of the molecule is COCCN1CC(C(=O)Nc2cc3c(C)cc(=O)oc3cc2C)CCC1=O. The summed E-state index contributed by atoms with van der Waals surface area (Å²) in [5.41, 5.74) is 2.41. The number of likely N-dealkylation sites (tertiary alicyclic amines) is 1. The first kappa shape index (κ1) is 19.1. The molecule has 27 heavy (non-hydrogen) atoms. The van der Waals surface area contributed by atoms with Crippen LogP contribution in [0.15, 0.2) is 27.4 Å². The fraction of sp³-hybridized carbons (Fsp3) is 0.450. The Hall–Kier alpha value is -2.67. The van der Waals surface area contributed by atoms with Crippen LogP contribution in [0, 0.1) is 19.8 Å². The van der Waals surface area contributed by atoms with Gasteiger partial charge in [-0.3, -0.25) is 9.59 Å². The summed E-state index contributed by atoms with van der Waals surface area (Å²) in [6.07, 6.45) is 0.900. The van der Waals surface area contributed by atoms with Crippen molar-refractivity contribution in [2.24, 2.45) is 5.92 Å². The highest BCUT2D eigenvalue weighted by atomic mass is 16.5. The lowest BCUT2D eigenvalue weighted by Gasteiger charge is -2.31. The van der Waals surface area contributed by atoms with Gasteiger partial charge in [0.1, 0.15) is 5.58 Å². The largest absolute Gasteiger partial charge is 0.423 e. The average molecular weight is 372 g/mol. The van der Waals surface area contributed by atoms with Gasteiger partial charge in [0.05, 0.1) is 12.5 Å². The number of ether oxygens (including phenoxy) is 1. The molecule has 0 saturated carbocycles. The summed E-state index contributed by atoms with van der Waals surface area (Å²) in [4.78, 5) is 38.0. The molecule has 1 aliphatic heterocycles. The summed E-state index contributed by atoms with van der Waals surface area (Å²) in [7, 11) is 1.59. The molecule has 0 radical (unpaired) electrons. The molecule has 1 fully saturated rings. The van der Waals surface area contributed by atoms with E-state index in [2.05, 4.69) is 5.32 Å². The number of nitrogens with zero attached hydrogens (tertiary/aromatic N) is 1. The third kappa shape index (κ3) is 4.19. The Labute approximate surface area is 157 Å². The van der Waals surface area contributed by atoms with Crippen molar-refractivity contribution in [3.05, 3.63) is 39.7 Å². The number of anilines is 1. The minimum atomic E-state index is -0.390. The van der Waals surface area contributed by atoms with Gasteiger partial charge in [-0.05, 0) is 43.5 Å². The van der Waals surface area contributed by atoms with Crippen LogP contribution in [-0.2, 0) is 14.3 Å². The van der Waals surface area contributed by atoms with E-state index in [0.29, 0.717) is 43.8 Å². The lowest BCUT2D eigenvalue weighted by atomic mass is 9.96. The number of piperidine rings is 1. The molecule has 144 valence electrons. The molecule has 1 aliphatic rings. The highest BCUT2D eigenvalue weighted by Gasteiger charge is 2.30. The first-order valence-electron chi connectivity index (χ1n) is 9.01. The van der Waals surface area contributed by atoms with Crippen molar-refractivity contribution in [2.45, 2.75) is 26.7 Å². The molecule has 1 aromatic heterocycles. The van der Waals surface area contributed by atoms with Gasteiger partial charge >= 0.3 is 5.63 Å². The van der Waals surface area contributed by atoms with Gasteiger partial charge in [0.25, 0.3) is 0 Å². The Bertz CT molecular complexity index is 934. The molecule has 3 rings (SSSR count). The summed E-state index contributed by atoms with van der Waals surface area (Å²) in [5.74, 6) is -0.310. The van der Waals surface area contributed by atoms with E-state index in [1.165, 1.54) is 6.07 Å². The van der Waals surface area contributed by atoms with Crippen molar-refractivity contribution in [1.82, 2.24) is 4.90 Å². The summed E-state index contributed by atoms with van der Waals surface area (Å²) in [5, 5.41) is 3.77. The Morgan fingerprint density at radius 1 is 1.26 bits per heavy atom. The smallest absolute Gasteiger partial charge is 0.336 e. The molecule has 1 atom stereocenters. The summed E-state index contributed by atoms with van der Waals surface area (Å²) >= 11 is 0. The maximum absolute atomic E-state index is 12.8. The van der Waals surface area contributed by atoms with Crippen LogP contribution in [0.2, 0.25) is 0 Å². The summed E-state index contributed by atoms with van der Waals surface area (Å²) in [6.45, 7) is 5.03. The number of carbonyl (C=O) groups is 2. The van der Waals surface area contributed by atoms with E-state index in [9.17, 15) is 14.4 Å². The van der Waals surface area contributed by atoms with Gasteiger partial charge in [0.15, 0.2) is 0 Å². The van der Waals surface area contributed by atoms with E-state index in [1.54, 1.807) is 18.1 Å². The van der Waals surface area contributed by atoms with Gasteiger partial charge in [-0.15, -0.1) is 0 Å². The normalized spacial score (nSPS) is 17.4. The van der Waals surface area contributed by atoms with Crippen molar-refractivity contribution in [3.63, 3.8) is 0 Å². The van der Waals surface area contributed by atoms with Crippen LogP contribution in [0.25, 0.3) is 11.0 Å². The molecule has 2 heterocycles. The van der Waals surface area contributed by atoms with Crippen molar-refractivity contribution >= 4 is 28.5 Å². The number of benzene rings is 1. The maximum atomic E-state index is 12.8. The molecular weight excluding hydrogens is 348 g/mol. The summed E-state index contributed by atoms with van der Waals surface area (Å²) in [6, 6.07) is 5.02. The third-order valence-corrected chi connectivity index (χ3v) is 4.99. The minimum Gasteiger partial charge on any atom is -0.423 e. The van der Waals surface area contributed by atoms with Crippen LogP contribution in [-0.4, -0.2) is 43.5 Å². The van der Waals surface area contributed by atoms with E-state index in [-0.39, 0.29) is 23.4 Å². The summed E-state index contributed by atoms with van der Waals surface area (Å²) < 4.78 is 10.3. The van der Waals surface area contributed by atoms with Crippen LogP contribution in [0.5, 0.6) is 0 Å². The van der Waals surface area contributed by atoms with Gasteiger partial charge in [-0.25, -0.2) is 4.79 Å². The Morgan fingerprint density at radius 2 is 2.04 bits per heavy atom. The van der Waals surface area contributed by atoms with Gasteiger partial charge in [0.2, 0.25) is 11.8 Å².